The summed E-state index contributed by atoms with van der Waals surface area (Å²) in [5.74, 6) is 0.622. The number of imidazole rings is 1. The smallest absolute Gasteiger partial charge is 0.205 e. The number of fused-ring (bicyclic) bond motifs is 1. The maximum absolute atomic E-state index is 10.5. The fourth-order valence-corrected chi connectivity index (χ4v) is 2.21. The lowest BCUT2D eigenvalue weighted by Crippen LogP contribution is -1.92. The molecule has 2 N–H and O–H groups in total. The normalized spacial score (nSPS) is 10.7. The largest absolute Gasteiger partial charge is 0.324 e. The van der Waals surface area contributed by atoms with Crippen molar-refractivity contribution in [3.8, 4) is 0 Å². The summed E-state index contributed by atoms with van der Waals surface area (Å²) < 4.78 is 0. The first-order valence-electron chi connectivity index (χ1n) is 6.20. The van der Waals surface area contributed by atoms with Crippen LogP contribution in [0.5, 0.6) is 0 Å². The number of anilines is 2. The van der Waals surface area contributed by atoms with Crippen molar-refractivity contribution in [2.75, 3.05) is 5.32 Å². The Bertz CT molecular complexity index is 767. The number of nitrogens with one attached hydrogen (secondary N) is 2. The van der Waals surface area contributed by atoms with Crippen LogP contribution in [0.2, 0.25) is 5.02 Å². The molecule has 100 valence electrons. The third-order valence-electron chi connectivity index (χ3n) is 2.99. The third kappa shape index (κ3) is 2.51. The number of carbonyl (C=O) groups is 1. The lowest BCUT2D eigenvalue weighted by Gasteiger charge is -2.03. The van der Waals surface area contributed by atoms with E-state index in [1.807, 2.05) is 42.5 Å². The quantitative estimate of drug-likeness (QED) is 0.719. The lowest BCUT2D eigenvalue weighted by molar-refractivity contribution is -0.107. The molecule has 0 aliphatic rings. The van der Waals surface area contributed by atoms with Crippen molar-refractivity contribution < 1.29 is 4.79 Å². The second-order valence-electron chi connectivity index (χ2n) is 4.41. The van der Waals surface area contributed by atoms with Gasteiger partial charge < -0.3 is 15.1 Å². The average Bonchev–Trinajstić information content (AvgIpc) is 2.83. The number of hydrogen-bond acceptors (Lipinski definition) is 3. The van der Waals surface area contributed by atoms with Gasteiger partial charge in [0.1, 0.15) is 6.29 Å². The van der Waals surface area contributed by atoms with Crippen molar-refractivity contribution in [3.63, 3.8) is 0 Å². The first-order chi connectivity index (χ1) is 9.76. The van der Waals surface area contributed by atoms with Gasteiger partial charge in [0.25, 0.3) is 0 Å². The van der Waals surface area contributed by atoms with Gasteiger partial charge in [-0.05, 0) is 29.8 Å². The molecule has 1 heterocycles. The SMILES string of the molecule is O=CCc1ccc2nc(Nc3ccccc3Cl)[nH]c2c1. The van der Waals surface area contributed by atoms with Crippen molar-refractivity contribution in [3.05, 3.63) is 53.1 Å². The number of aromatic nitrogens is 2. The maximum Gasteiger partial charge on any atom is 0.205 e. The Morgan fingerprint density at radius 1 is 1.25 bits per heavy atom. The maximum atomic E-state index is 10.5. The molecule has 0 spiro atoms. The molecule has 3 aromatic rings. The molecule has 0 aliphatic carbocycles. The van der Waals surface area contributed by atoms with Crippen molar-refractivity contribution in [2.24, 2.45) is 0 Å². The van der Waals surface area contributed by atoms with Gasteiger partial charge in [-0.3, -0.25) is 0 Å². The van der Waals surface area contributed by atoms with Crippen LogP contribution in [0.3, 0.4) is 0 Å². The molecule has 0 radical (unpaired) electrons. The minimum Gasteiger partial charge on any atom is -0.324 e. The monoisotopic (exact) mass is 285 g/mol. The van der Waals surface area contributed by atoms with Crippen LogP contribution in [-0.2, 0) is 11.2 Å². The summed E-state index contributed by atoms with van der Waals surface area (Å²) in [6.45, 7) is 0. The number of H-pyrrole nitrogens is 1. The van der Waals surface area contributed by atoms with Gasteiger partial charge in [-0.2, -0.15) is 0 Å². The van der Waals surface area contributed by atoms with Gasteiger partial charge in [0.2, 0.25) is 5.95 Å². The van der Waals surface area contributed by atoms with Crippen LogP contribution >= 0.6 is 11.6 Å². The molecule has 0 amide bonds. The molecule has 0 saturated heterocycles. The van der Waals surface area contributed by atoms with Gasteiger partial charge in [0, 0.05) is 6.42 Å². The summed E-state index contributed by atoms with van der Waals surface area (Å²) in [7, 11) is 0. The van der Waals surface area contributed by atoms with E-state index in [0.717, 1.165) is 28.6 Å². The van der Waals surface area contributed by atoms with Crippen LogP contribution in [0.4, 0.5) is 11.6 Å². The molecule has 0 saturated carbocycles. The second kappa shape index (κ2) is 5.35. The highest BCUT2D eigenvalue weighted by Gasteiger charge is 2.05. The topological polar surface area (TPSA) is 57.8 Å². The Balaban J connectivity index is 1.93. The van der Waals surface area contributed by atoms with Gasteiger partial charge >= 0.3 is 0 Å². The predicted octanol–water partition coefficient (Wildman–Crippen LogP) is 3.70. The standard InChI is InChI=1S/C15H12ClN3O/c16-11-3-1-2-4-12(11)17-15-18-13-6-5-10(7-8-20)9-14(13)19-15/h1-6,8-9H,7H2,(H2,17,18,19). The number of benzene rings is 2. The highest BCUT2D eigenvalue weighted by atomic mass is 35.5. The van der Waals surface area contributed by atoms with Crippen LogP contribution in [0, 0.1) is 0 Å². The number of rotatable bonds is 4. The van der Waals surface area contributed by atoms with Crippen LogP contribution < -0.4 is 5.32 Å². The molecule has 0 fully saturated rings. The molecule has 4 nitrogen and oxygen atoms in total. The number of aromatic amines is 1. The number of hydrogen-bond donors (Lipinski definition) is 2. The summed E-state index contributed by atoms with van der Waals surface area (Å²) in [6, 6.07) is 13.2. The Morgan fingerprint density at radius 2 is 2.10 bits per heavy atom. The van der Waals surface area contributed by atoms with Gasteiger partial charge in [0.05, 0.1) is 21.7 Å². The minimum atomic E-state index is 0.405. The van der Waals surface area contributed by atoms with E-state index in [9.17, 15) is 4.79 Å². The summed E-state index contributed by atoms with van der Waals surface area (Å²) in [6.07, 6.45) is 1.29. The molecular weight excluding hydrogens is 274 g/mol. The van der Waals surface area contributed by atoms with E-state index in [1.54, 1.807) is 0 Å². The molecule has 1 aromatic heterocycles. The first kappa shape index (κ1) is 12.7. The zero-order chi connectivity index (χ0) is 13.9. The Labute approximate surface area is 120 Å². The molecule has 2 aromatic carbocycles. The number of aldehydes is 1. The number of carbonyl (C=O) groups excluding carboxylic acids is 1. The van der Waals surface area contributed by atoms with Crippen LogP contribution in [0.15, 0.2) is 42.5 Å². The molecule has 0 unspecified atom stereocenters. The van der Waals surface area contributed by atoms with E-state index in [-0.39, 0.29) is 0 Å². The number of para-hydroxylation sites is 1. The number of halogens is 1. The van der Waals surface area contributed by atoms with Crippen LogP contribution in [-0.4, -0.2) is 16.3 Å². The van der Waals surface area contributed by atoms with Crippen molar-refractivity contribution >= 4 is 40.6 Å². The van der Waals surface area contributed by atoms with Gasteiger partial charge in [0.15, 0.2) is 0 Å². The highest BCUT2D eigenvalue weighted by Crippen LogP contribution is 2.25. The van der Waals surface area contributed by atoms with E-state index in [2.05, 4.69) is 15.3 Å². The fraction of sp³-hybridized carbons (Fsp3) is 0.0667. The third-order valence-corrected chi connectivity index (χ3v) is 3.32. The van der Waals surface area contributed by atoms with Gasteiger partial charge in [-0.15, -0.1) is 0 Å². The Morgan fingerprint density at radius 3 is 2.90 bits per heavy atom. The summed E-state index contributed by atoms with van der Waals surface area (Å²) in [4.78, 5) is 18.2. The van der Waals surface area contributed by atoms with Crippen molar-refractivity contribution in [1.29, 1.82) is 0 Å². The van der Waals surface area contributed by atoms with Crippen molar-refractivity contribution in [1.82, 2.24) is 9.97 Å². The fourth-order valence-electron chi connectivity index (χ4n) is 2.03. The molecule has 3 rings (SSSR count). The molecular formula is C15H12ClN3O. The lowest BCUT2D eigenvalue weighted by atomic mass is 10.1. The summed E-state index contributed by atoms with van der Waals surface area (Å²) >= 11 is 6.10. The van der Waals surface area contributed by atoms with Gasteiger partial charge in [-0.1, -0.05) is 29.8 Å². The van der Waals surface area contributed by atoms with Crippen LogP contribution in [0.1, 0.15) is 5.56 Å². The van der Waals surface area contributed by atoms with Crippen LogP contribution in [0.25, 0.3) is 11.0 Å². The molecule has 5 heteroatoms. The zero-order valence-corrected chi connectivity index (χ0v) is 11.3. The summed E-state index contributed by atoms with van der Waals surface area (Å²) in [5, 5.41) is 3.78. The van der Waals surface area contributed by atoms with Gasteiger partial charge in [-0.25, -0.2) is 4.98 Å². The second-order valence-corrected chi connectivity index (χ2v) is 4.82. The average molecular weight is 286 g/mol. The van der Waals surface area contributed by atoms with E-state index in [1.165, 1.54) is 0 Å². The molecule has 20 heavy (non-hydrogen) atoms. The highest BCUT2D eigenvalue weighted by molar-refractivity contribution is 6.33. The number of nitrogens with zero attached hydrogens (tertiary/aromatic N) is 1. The van der Waals surface area contributed by atoms with E-state index >= 15 is 0 Å². The molecule has 0 bridgehead atoms. The van der Waals surface area contributed by atoms with E-state index in [4.69, 9.17) is 11.6 Å². The Hall–Kier alpha value is -2.33. The predicted molar refractivity (Wildman–Crippen MR) is 80.6 cm³/mol. The summed E-state index contributed by atoms with van der Waals surface area (Å²) in [5.41, 5.74) is 3.48. The Kier molecular flexibility index (Phi) is 3.39. The molecule has 0 atom stereocenters. The van der Waals surface area contributed by atoms with Crippen molar-refractivity contribution in [2.45, 2.75) is 6.42 Å². The zero-order valence-electron chi connectivity index (χ0n) is 10.6. The van der Waals surface area contributed by atoms with E-state index < -0.39 is 0 Å². The molecule has 0 aliphatic heterocycles. The minimum absolute atomic E-state index is 0.405. The van der Waals surface area contributed by atoms with E-state index in [0.29, 0.717) is 17.4 Å². The first-order valence-corrected chi connectivity index (χ1v) is 6.58.